The molecule has 0 saturated carbocycles. The third kappa shape index (κ3) is 4.13. The average Bonchev–Trinajstić information content (AvgIpc) is 1.88. The molecular formula is C10H16. The molecule has 0 amide bonds. The van der Waals surface area contributed by atoms with Gasteiger partial charge in [-0.1, -0.05) is 35.5 Å². The highest BCUT2D eigenvalue weighted by molar-refractivity contribution is 5.23. The van der Waals surface area contributed by atoms with Crippen molar-refractivity contribution in [2.75, 3.05) is 0 Å². The van der Waals surface area contributed by atoms with Gasteiger partial charge in [-0.2, -0.15) is 0 Å². The maximum absolute atomic E-state index is 2.12. The Balaban J connectivity index is 4.03. The van der Waals surface area contributed by atoms with Crippen LogP contribution >= 0.6 is 0 Å². The molecule has 0 spiro atoms. The first-order valence-corrected chi connectivity index (χ1v) is 3.62. The van der Waals surface area contributed by atoms with Gasteiger partial charge in [0.25, 0.3) is 0 Å². The fourth-order valence-electron chi connectivity index (χ4n) is 0.478. The van der Waals surface area contributed by atoms with E-state index in [9.17, 15) is 0 Å². The van der Waals surface area contributed by atoms with Gasteiger partial charge in [0, 0.05) is 0 Å². The van der Waals surface area contributed by atoms with E-state index in [2.05, 4.69) is 32.9 Å². The molecule has 0 unspecified atom stereocenters. The minimum atomic E-state index is 1.35. The van der Waals surface area contributed by atoms with Crippen molar-refractivity contribution in [3.63, 3.8) is 0 Å². The van der Waals surface area contributed by atoms with Crippen molar-refractivity contribution in [2.45, 2.75) is 27.7 Å². The molecule has 0 aliphatic rings. The van der Waals surface area contributed by atoms with Gasteiger partial charge in [-0.25, -0.2) is 0 Å². The molecule has 0 heteroatoms. The summed E-state index contributed by atoms with van der Waals surface area (Å²) in [6.07, 6.45) is 8.24. The Morgan fingerprint density at radius 1 is 1.00 bits per heavy atom. The highest BCUT2D eigenvalue weighted by Gasteiger charge is 1.81. The van der Waals surface area contributed by atoms with E-state index in [4.69, 9.17) is 0 Å². The molecule has 0 atom stereocenters. The van der Waals surface area contributed by atoms with Gasteiger partial charge >= 0.3 is 0 Å². The second-order valence-electron chi connectivity index (χ2n) is 2.57. The van der Waals surface area contributed by atoms with E-state index in [1.165, 1.54) is 11.1 Å². The topological polar surface area (TPSA) is 0 Å². The van der Waals surface area contributed by atoms with E-state index in [-0.39, 0.29) is 0 Å². The molecule has 0 N–H and O–H groups in total. The maximum Gasteiger partial charge on any atom is -0.0398 e. The summed E-state index contributed by atoms with van der Waals surface area (Å²) in [6.45, 7) is 8.38. The van der Waals surface area contributed by atoms with E-state index in [0.29, 0.717) is 0 Å². The quantitative estimate of drug-likeness (QED) is 0.510. The zero-order valence-corrected chi connectivity index (χ0v) is 7.31. The van der Waals surface area contributed by atoms with Gasteiger partial charge in [-0.15, -0.1) is 0 Å². The predicted molar refractivity (Wildman–Crippen MR) is 48.0 cm³/mol. The number of allylic oxidation sites excluding steroid dienone is 6. The summed E-state index contributed by atoms with van der Waals surface area (Å²) in [6, 6.07) is 0. The van der Waals surface area contributed by atoms with Crippen molar-refractivity contribution in [1.29, 1.82) is 0 Å². The number of hydrogen-bond donors (Lipinski definition) is 0. The van der Waals surface area contributed by atoms with Gasteiger partial charge in [0.1, 0.15) is 0 Å². The largest absolute Gasteiger partial charge is 0.0877 e. The van der Waals surface area contributed by atoms with Crippen LogP contribution in [0.2, 0.25) is 0 Å². The van der Waals surface area contributed by atoms with Gasteiger partial charge in [0.15, 0.2) is 0 Å². The second kappa shape index (κ2) is 5.04. The average molecular weight is 136 g/mol. The standard InChI is InChI=1S/C10H16/c1-5-6-7-8-10(4)9(2)3/h5-8H,1-4H3/b6-5-,8-7-. The first-order valence-electron chi connectivity index (χ1n) is 3.62. The third-order valence-electron chi connectivity index (χ3n) is 1.44. The molecule has 0 saturated heterocycles. The van der Waals surface area contributed by atoms with Gasteiger partial charge in [0.05, 0.1) is 0 Å². The fourth-order valence-corrected chi connectivity index (χ4v) is 0.478. The maximum atomic E-state index is 2.12. The van der Waals surface area contributed by atoms with Crippen LogP contribution in [0.4, 0.5) is 0 Å². The Bertz CT molecular complexity index is 164. The van der Waals surface area contributed by atoms with Crippen molar-refractivity contribution in [1.82, 2.24) is 0 Å². The lowest BCUT2D eigenvalue weighted by atomic mass is 10.1. The summed E-state index contributed by atoms with van der Waals surface area (Å²) < 4.78 is 0. The molecule has 56 valence electrons. The van der Waals surface area contributed by atoms with E-state index < -0.39 is 0 Å². The van der Waals surface area contributed by atoms with Crippen molar-refractivity contribution in [3.8, 4) is 0 Å². The summed E-state index contributed by atoms with van der Waals surface area (Å²) in [4.78, 5) is 0. The van der Waals surface area contributed by atoms with Crippen molar-refractivity contribution in [2.24, 2.45) is 0 Å². The van der Waals surface area contributed by atoms with E-state index in [1.54, 1.807) is 0 Å². The summed E-state index contributed by atoms with van der Waals surface area (Å²) in [5.41, 5.74) is 2.72. The first-order chi connectivity index (χ1) is 4.68. The van der Waals surface area contributed by atoms with Crippen LogP contribution in [-0.4, -0.2) is 0 Å². The van der Waals surface area contributed by atoms with Crippen LogP contribution in [-0.2, 0) is 0 Å². The fraction of sp³-hybridized carbons (Fsp3) is 0.400. The molecule has 0 rings (SSSR count). The molecule has 0 aromatic carbocycles. The molecule has 0 nitrogen and oxygen atoms in total. The normalized spacial score (nSPS) is 11.2. The Labute approximate surface area is 64.0 Å². The highest BCUT2D eigenvalue weighted by Crippen LogP contribution is 2.02. The number of rotatable bonds is 2. The lowest BCUT2D eigenvalue weighted by molar-refractivity contribution is 1.29. The van der Waals surface area contributed by atoms with E-state index in [1.807, 2.05) is 19.1 Å². The smallest absolute Gasteiger partial charge is 0.0398 e. The van der Waals surface area contributed by atoms with Gasteiger partial charge in [-0.3, -0.25) is 0 Å². The Morgan fingerprint density at radius 2 is 1.60 bits per heavy atom. The van der Waals surface area contributed by atoms with Crippen molar-refractivity contribution < 1.29 is 0 Å². The highest BCUT2D eigenvalue weighted by atomic mass is 13.9. The van der Waals surface area contributed by atoms with Crippen LogP contribution in [0.15, 0.2) is 35.5 Å². The van der Waals surface area contributed by atoms with Gasteiger partial charge < -0.3 is 0 Å². The molecule has 0 fully saturated rings. The van der Waals surface area contributed by atoms with Gasteiger partial charge in [-0.05, 0) is 27.7 Å². The van der Waals surface area contributed by atoms with Crippen LogP contribution in [0.5, 0.6) is 0 Å². The molecule has 0 aromatic rings. The van der Waals surface area contributed by atoms with Crippen LogP contribution in [0, 0.1) is 0 Å². The predicted octanol–water partition coefficient (Wildman–Crippen LogP) is 3.48. The molecular weight excluding hydrogens is 120 g/mol. The molecule has 10 heavy (non-hydrogen) atoms. The summed E-state index contributed by atoms with van der Waals surface area (Å²) >= 11 is 0. The first kappa shape index (κ1) is 9.22. The molecule has 0 heterocycles. The van der Waals surface area contributed by atoms with E-state index >= 15 is 0 Å². The monoisotopic (exact) mass is 136 g/mol. The van der Waals surface area contributed by atoms with Crippen molar-refractivity contribution in [3.05, 3.63) is 35.5 Å². The van der Waals surface area contributed by atoms with Gasteiger partial charge in [0.2, 0.25) is 0 Å². The molecule has 0 aliphatic carbocycles. The van der Waals surface area contributed by atoms with Crippen LogP contribution in [0.25, 0.3) is 0 Å². The van der Waals surface area contributed by atoms with Crippen molar-refractivity contribution >= 4 is 0 Å². The van der Waals surface area contributed by atoms with Crippen LogP contribution in [0.3, 0.4) is 0 Å². The van der Waals surface area contributed by atoms with Crippen LogP contribution in [0.1, 0.15) is 27.7 Å². The lowest BCUT2D eigenvalue weighted by Crippen LogP contribution is -1.71. The molecule has 0 aromatic heterocycles. The van der Waals surface area contributed by atoms with E-state index in [0.717, 1.165) is 0 Å². The Kier molecular flexibility index (Phi) is 4.65. The summed E-state index contributed by atoms with van der Waals surface area (Å²) in [5.74, 6) is 0. The summed E-state index contributed by atoms with van der Waals surface area (Å²) in [7, 11) is 0. The minimum absolute atomic E-state index is 1.35. The Hall–Kier alpha value is -0.780. The Morgan fingerprint density at radius 3 is 2.00 bits per heavy atom. The minimum Gasteiger partial charge on any atom is -0.0877 e. The molecule has 0 bridgehead atoms. The number of hydrogen-bond acceptors (Lipinski definition) is 0. The molecule has 0 aliphatic heterocycles. The third-order valence-corrected chi connectivity index (χ3v) is 1.44. The van der Waals surface area contributed by atoms with Crippen LogP contribution < -0.4 is 0 Å². The lowest BCUT2D eigenvalue weighted by Gasteiger charge is -1.92. The molecule has 0 radical (unpaired) electrons. The zero-order valence-electron chi connectivity index (χ0n) is 7.31. The SMILES string of the molecule is C/C=C\C=C/C(C)=C(C)C. The summed E-state index contributed by atoms with van der Waals surface area (Å²) in [5, 5.41) is 0. The second-order valence-corrected chi connectivity index (χ2v) is 2.57. The zero-order chi connectivity index (χ0) is 7.98.